The first kappa shape index (κ1) is 12.0. The molecule has 0 amide bonds. The first-order valence-corrected chi connectivity index (χ1v) is 6.94. The van der Waals surface area contributed by atoms with Crippen LogP contribution >= 0.6 is 0 Å². The van der Waals surface area contributed by atoms with E-state index < -0.39 is 0 Å². The molecule has 2 unspecified atom stereocenters. The standard InChI is InChI=1S/C15H22N2O/c1-17(10-13-3-2-8-18-13)15-7-4-11-9-12(16)5-6-14(11)15/h5-6,9,13,15H,2-4,7-8,10,16H2,1H3. The average molecular weight is 246 g/mol. The van der Waals surface area contributed by atoms with Crippen molar-refractivity contribution in [2.75, 3.05) is 25.9 Å². The Labute approximate surface area is 109 Å². The fourth-order valence-electron chi connectivity index (χ4n) is 3.31. The van der Waals surface area contributed by atoms with Gasteiger partial charge in [-0.15, -0.1) is 0 Å². The number of likely N-dealkylation sites (N-methyl/N-ethyl adjacent to an activating group) is 1. The molecule has 1 saturated heterocycles. The maximum absolute atomic E-state index is 5.85. The summed E-state index contributed by atoms with van der Waals surface area (Å²) in [7, 11) is 2.22. The Bertz CT molecular complexity index is 427. The summed E-state index contributed by atoms with van der Waals surface area (Å²) >= 11 is 0. The summed E-state index contributed by atoms with van der Waals surface area (Å²) < 4.78 is 5.73. The first-order chi connectivity index (χ1) is 8.74. The van der Waals surface area contributed by atoms with Gasteiger partial charge in [0.1, 0.15) is 0 Å². The highest BCUT2D eigenvalue weighted by atomic mass is 16.5. The van der Waals surface area contributed by atoms with Crippen LogP contribution in [0.3, 0.4) is 0 Å². The van der Waals surface area contributed by atoms with Gasteiger partial charge in [0.15, 0.2) is 0 Å². The molecule has 1 aromatic carbocycles. The average Bonchev–Trinajstić information content (AvgIpc) is 2.97. The van der Waals surface area contributed by atoms with Crippen molar-refractivity contribution in [1.82, 2.24) is 4.90 Å². The van der Waals surface area contributed by atoms with Gasteiger partial charge in [-0.3, -0.25) is 4.90 Å². The molecule has 98 valence electrons. The van der Waals surface area contributed by atoms with Crippen LogP contribution in [0.5, 0.6) is 0 Å². The highest BCUT2D eigenvalue weighted by Gasteiger charge is 2.28. The van der Waals surface area contributed by atoms with Gasteiger partial charge in [0.2, 0.25) is 0 Å². The highest BCUT2D eigenvalue weighted by molar-refractivity contribution is 5.47. The number of rotatable bonds is 3. The normalized spacial score (nSPS) is 26.8. The third-order valence-electron chi connectivity index (χ3n) is 4.26. The number of nitrogens with zero attached hydrogens (tertiary/aromatic N) is 1. The predicted molar refractivity (Wildman–Crippen MR) is 73.5 cm³/mol. The van der Waals surface area contributed by atoms with Gasteiger partial charge in [0.05, 0.1) is 6.10 Å². The summed E-state index contributed by atoms with van der Waals surface area (Å²) in [5.41, 5.74) is 9.63. The van der Waals surface area contributed by atoms with Gasteiger partial charge >= 0.3 is 0 Å². The van der Waals surface area contributed by atoms with Gasteiger partial charge < -0.3 is 10.5 Å². The molecule has 1 aromatic rings. The smallest absolute Gasteiger partial charge is 0.0702 e. The molecule has 0 aromatic heterocycles. The van der Waals surface area contributed by atoms with Crippen LogP contribution in [0.15, 0.2) is 18.2 Å². The number of nitrogens with two attached hydrogens (primary N) is 1. The molecular formula is C15H22N2O. The largest absolute Gasteiger partial charge is 0.399 e. The Balaban J connectivity index is 1.70. The van der Waals surface area contributed by atoms with Crippen LogP contribution < -0.4 is 5.73 Å². The van der Waals surface area contributed by atoms with Gasteiger partial charge in [-0.2, -0.15) is 0 Å². The summed E-state index contributed by atoms with van der Waals surface area (Å²) in [6.07, 6.45) is 5.23. The van der Waals surface area contributed by atoms with Crippen LogP contribution in [0.2, 0.25) is 0 Å². The van der Waals surface area contributed by atoms with E-state index in [1.807, 2.05) is 6.07 Å². The Morgan fingerprint density at radius 3 is 3.06 bits per heavy atom. The van der Waals surface area contributed by atoms with Crippen molar-refractivity contribution in [2.45, 2.75) is 37.8 Å². The van der Waals surface area contributed by atoms with E-state index >= 15 is 0 Å². The molecule has 0 saturated carbocycles. The van der Waals surface area contributed by atoms with Crippen molar-refractivity contribution in [3.8, 4) is 0 Å². The number of anilines is 1. The Morgan fingerprint density at radius 2 is 2.28 bits per heavy atom. The van der Waals surface area contributed by atoms with Crippen LogP contribution in [0.1, 0.15) is 36.4 Å². The zero-order chi connectivity index (χ0) is 12.5. The van der Waals surface area contributed by atoms with Crippen molar-refractivity contribution in [3.63, 3.8) is 0 Å². The molecule has 1 aliphatic heterocycles. The van der Waals surface area contributed by atoms with Gasteiger partial charge in [-0.25, -0.2) is 0 Å². The van der Waals surface area contributed by atoms with E-state index in [0.717, 1.165) is 25.3 Å². The zero-order valence-electron chi connectivity index (χ0n) is 11.1. The van der Waals surface area contributed by atoms with E-state index in [1.165, 1.54) is 30.4 Å². The van der Waals surface area contributed by atoms with E-state index in [9.17, 15) is 0 Å². The summed E-state index contributed by atoms with van der Waals surface area (Å²) in [6.45, 7) is 1.99. The Hall–Kier alpha value is -1.06. The second kappa shape index (κ2) is 4.90. The van der Waals surface area contributed by atoms with Gasteiger partial charge in [-0.05, 0) is 56.0 Å². The molecule has 3 rings (SSSR count). The Morgan fingerprint density at radius 1 is 1.39 bits per heavy atom. The molecule has 0 spiro atoms. The molecule has 1 fully saturated rings. The minimum absolute atomic E-state index is 0.438. The number of nitrogen functional groups attached to an aromatic ring is 1. The summed E-state index contributed by atoms with van der Waals surface area (Å²) in [4.78, 5) is 2.46. The number of ether oxygens (including phenoxy) is 1. The summed E-state index contributed by atoms with van der Waals surface area (Å²) in [5.74, 6) is 0. The summed E-state index contributed by atoms with van der Waals surface area (Å²) in [5, 5.41) is 0. The van der Waals surface area contributed by atoms with E-state index in [2.05, 4.69) is 24.1 Å². The molecule has 1 heterocycles. The fraction of sp³-hybridized carbons (Fsp3) is 0.600. The number of hydrogen-bond acceptors (Lipinski definition) is 3. The van der Waals surface area contributed by atoms with Crippen LogP contribution in [0.4, 0.5) is 5.69 Å². The van der Waals surface area contributed by atoms with E-state index in [4.69, 9.17) is 10.5 Å². The highest BCUT2D eigenvalue weighted by Crippen LogP contribution is 2.36. The molecule has 3 heteroatoms. The van der Waals surface area contributed by atoms with Crippen LogP contribution in [-0.4, -0.2) is 31.2 Å². The molecule has 2 atom stereocenters. The fourth-order valence-corrected chi connectivity index (χ4v) is 3.31. The Kier molecular flexibility index (Phi) is 3.27. The zero-order valence-corrected chi connectivity index (χ0v) is 11.1. The number of benzene rings is 1. The second-order valence-corrected chi connectivity index (χ2v) is 5.59. The topological polar surface area (TPSA) is 38.5 Å². The van der Waals surface area contributed by atoms with Crippen molar-refractivity contribution >= 4 is 5.69 Å². The second-order valence-electron chi connectivity index (χ2n) is 5.59. The summed E-state index contributed by atoms with van der Waals surface area (Å²) in [6, 6.07) is 6.91. The molecule has 2 N–H and O–H groups in total. The predicted octanol–water partition coefficient (Wildman–Crippen LogP) is 2.37. The molecule has 0 radical (unpaired) electrons. The maximum atomic E-state index is 5.85. The van der Waals surface area contributed by atoms with Gasteiger partial charge in [0, 0.05) is 24.9 Å². The lowest BCUT2D eigenvalue weighted by Crippen LogP contribution is -2.31. The molecule has 0 bridgehead atoms. The molecule has 18 heavy (non-hydrogen) atoms. The third kappa shape index (κ3) is 2.25. The first-order valence-electron chi connectivity index (χ1n) is 6.94. The van der Waals surface area contributed by atoms with Crippen LogP contribution in [0, 0.1) is 0 Å². The lowest BCUT2D eigenvalue weighted by Gasteiger charge is -2.27. The number of aryl methyl sites for hydroxylation is 1. The number of hydrogen-bond donors (Lipinski definition) is 1. The van der Waals surface area contributed by atoms with E-state index in [-0.39, 0.29) is 0 Å². The van der Waals surface area contributed by atoms with Crippen LogP contribution in [0.25, 0.3) is 0 Å². The van der Waals surface area contributed by atoms with Crippen molar-refractivity contribution < 1.29 is 4.74 Å². The lowest BCUT2D eigenvalue weighted by atomic mass is 10.1. The van der Waals surface area contributed by atoms with E-state index in [1.54, 1.807) is 0 Å². The monoisotopic (exact) mass is 246 g/mol. The van der Waals surface area contributed by atoms with Gasteiger partial charge in [0.25, 0.3) is 0 Å². The minimum atomic E-state index is 0.438. The lowest BCUT2D eigenvalue weighted by molar-refractivity contribution is 0.0679. The molecule has 1 aliphatic carbocycles. The van der Waals surface area contributed by atoms with Crippen molar-refractivity contribution in [3.05, 3.63) is 29.3 Å². The maximum Gasteiger partial charge on any atom is 0.0702 e. The van der Waals surface area contributed by atoms with Crippen molar-refractivity contribution in [1.29, 1.82) is 0 Å². The molecule has 2 aliphatic rings. The molecular weight excluding hydrogens is 224 g/mol. The SMILES string of the molecule is CN(CC1CCCO1)C1CCc2cc(N)ccc21. The quantitative estimate of drug-likeness (QED) is 0.832. The van der Waals surface area contributed by atoms with Crippen LogP contribution in [-0.2, 0) is 11.2 Å². The minimum Gasteiger partial charge on any atom is -0.399 e. The third-order valence-corrected chi connectivity index (χ3v) is 4.26. The number of fused-ring (bicyclic) bond motifs is 1. The molecule has 3 nitrogen and oxygen atoms in total. The van der Waals surface area contributed by atoms with E-state index in [0.29, 0.717) is 12.1 Å². The van der Waals surface area contributed by atoms with Crippen molar-refractivity contribution in [2.24, 2.45) is 0 Å². The van der Waals surface area contributed by atoms with Gasteiger partial charge in [-0.1, -0.05) is 6.07 Å².